The smallest absolute Gasteiger partial charge is 0.266 e. The number of anilines is 2. The summed E-state index contributed by atoms with van der Waals surface area (Å²) in [5.41, 5.74) is 8.54. The second-order valence-corrected chi connectivity index (χ2v) is 6.68. The Morgan fingerprint density at radius 3 is 2.75 bits per heavy atom. The lowest BCUT2D eigenvalue weighted by Gasteiger charge is -2.11. The van der Waals surface area contributed by atoms with Crippen molar-refractivity contribution in [3.05, 3.63) is 10.4 Å². The van der Waals surface area contributed by atoms with E-state index in [1.54, 1.807) is 11.3 Å². The number of nitrogens with two attached hydrogens (primary N) is 1. The van der Waals surface area contributed by atoms with Crippen LogP contribution in [0.2, 0.25) is 0 Å². The number of aryl methyl sites for hydroxylation is 1. The number of nitrogen functional groups attached to an aromatic ring is 1. The van der Waals surface area contributed by atoms with Crippen LogP contribution in [0.15, 0.2) is 4.52 Å². The van der Waals surface area contributed by atoms with E-state index in [-0.39, 0.29) is 0 Å². The molecule has 2 N–H and O–H groups in total. The largest absolute Gasteiger partial charge is 0.390 e. The molecular formula is C14H18N4OS. The molecule has 106 valence electrons. The van der Waals surface area contributed by atoms with E-state index < -0.39 is 0 Å². The number of nitrogens with zero attached hydrogens (tertiary/aromatic N) is 3. The predicted octanol–water partition coefficient (Wildman–Crippen LogP) is 2.86. The van der Waals surface area contributed by atoms with Crippen molar-refractivity contribution in [2.45, 2.75) is 38.5 Å². The van der Waals surface area contributed by atoms with Crippen LogP contribution < -0.4 is 10.6 Å². The summed E-state index contributed by atoms with van der Waals surface area (Å²) in [6, 6.07) is 0. The summed E-state index contributed by atoms with van der Waals surface area (Å²) >= 11 is 1.69. The topological polar surface area (TPSA) is 68.2 Å². The Morgan fingerprint density at radius 1 is 1.10 bits per heavy atom. The number of hydrogen-bond donors (Lipinski definition) is 1. The molecule has 1 fully saturated rings. The summed E-state index contributed by atoms with van der Waals surface area (Å²) < 4.78 is 5.49. The van der Waals surface area contributed by atoms with Crippen molar-refractivity contribution >= 4 is 22.3 Å². The van der Waals surface area contributed by atoms with Gasteiger partial charge in [0.2, 0.25) is 0 Å². The molecule has 3 heterocycles. The molecule has 2 aliphatic rings. The molecule has 2 aromatic heterocycles. The molecule has 0 amide bonds. The van der Waals surface area contributed by atoms with E-state index in [9.17, 15) is 0 Å². The highest BCUT2D eigenvalue weighted by Gasteiger charge is 2.25. The van der Waals surface area contributed by atoms with Gasteiger partial charge in [-0.15, -0.1) is 11.3 Å². The highest BCUT2D eigenvalue weighted by atomic mass is 32.1. The molecule has 5 nitrogen and oxygen atoms in total. The van der Waals surface area contributed by atoms with Gasteiger partial charge < -0.3 is 15.2 Å². The minimum absolute atomic E-state index is 0.601. The van der Waals surface area contributed by atoms with Gasteiger partial charge in [-0.2, -0.15) is 4.98 Å². The zero-order chi connectivity index (χ0) is 13.5. The van der Waals surface area contributed by atoms with Crippen molar-refractivity contribution in [2.24, 2.45) is 0 Å². The fourth-order valence-corrected chi connectivity index (χ4v) is 4.34. The van der Waals surface area contributed by atoms with Crippen LogP contribution in [0.4, 0.5) is 10.9 Å². The second-order valence-electron chi connectivity index (χ2n) is 5.54. The van der Waals surface area contributed by atoms with Crippen molar-refractivity contribution < 1.29 is 4.52 Å². The Morgan fingerprint density at radius 2 is 1.90 bits per heavy atom. The number of thiophene rings is 1. The molecule has 1 aliphatic heterocycles. The first-order valence-corrected chi connectivity index (χ1v) is 8.13. The highest BCUT2D eigenvalue weighted by molar-refractivity contribution is 7.16. The molecule has 0 atom stereocenters. The molecule has 1 saturated heterocycles. The van der Waals surface area contributed by atoms with E-state index in [4.69, 9.17) is 10.3 Å². The molecule has 0 aromatic carbocycles. The Kier molecular flexibility index (Phi) is 2.91. The monoisotopic (exact) mass is 290 g/mol. The standard InChI is InChI=1S/C14H18N4OS/c15-12-11(9-5-1-2-6-10(9)20-12)13-16-14(17-19-13)18-7-3-4-8-18/h1-8,15H2. The lowest BCUT2D eigenvalue weighted by atomic mass is 9.95. The third-order valence-electron chi connectivity index (χ3n) is 4.22. The zero-order valence-corrected chi connectivity index (χ0v) is 12.2. The fraction of sp³-hybridized carbons (Fsp3) is 0.571. The Balaban J connectivity index is 1.72. The van der Waals surface area contributed by atoms with Crippen LogP contribution >= 0.6 is 11.3 Å². The van der Waals surface area contributed by atoms with Gasteiger partial charge in [0.25, 0.3) is 11.8 Å². The van der Waals surface area contributed by atoms with Gasteiger partial charge >= 0.3 is 0 Å². The average Bonchev–Trinajstić information content (AvgIpc) is 3.16. The maximum atomic E-state index is 6.19. The summed E-state index contributed by atoms with van der Waals surface area (Å²) in [6.07, 6.45) is 7.12. The highest BCUT2D eigenvalue weighted by Crippen LogP contribution is 2.42. The van der Waals surface area contributed by atoms with Crippen LogP contribution in [0.5, 0.6) is 0 Å². The summed E-state index contributed by atoms with van der Waals surface area (Å²) in [4.78, 5) is 8.17. The van der Waals surface area contributed by atoms with E-state index in [0.717, 1.165) is 36.5 Å². The molecule has 0 bridgehead atoms. The number of hydrogen-bond acceptors (Lipinski definition) is 6. The van der Waals surface area contributed by atoms with E-state index in [0.29, 0.717) is 11.8 Å². The summed E-state index contributed by atoms with van der Waals surface area (Å²) in [5, 5.41) is 4.96. The van der Waals surface area contributed by atoms with E-state index in [1.807, 2.05) is 0 Å². The summed E-state index contributed by atoms with van der Waals surface area (Å²) in [5.74, 6) is 1.32. The first kappa shape index (κ1) is 12.2. The van der Waals surface area contributed by atoms with Gasteiger partial charge in [-0.25, -0.2) is 0 Å². The van der Waals surface area contributed by atoms with Crippen molar-refractivity contribution in [2.75, 3.05) is 23.7 Å². The molecule has 6 heteroatoms. The first-order chi connectivity index (χ1) is 9.83. The summed E-state index contributed by atoms with van der Waals surface area (Å²) in [7, 11) is 0. The van der Waals surface area contributed by atoms with Crippen LogP contribution in [-0.2, 0) is 12.8 Å². The molecule has 0 saturated carbocycles. The number of rotatable bonds is 2. The predicted molar refractivity (Wildman–Crippen MR) is 80.1 cm³/mol. The van der Waals surface area contributed by atoms with Gasteiger partial charge in [-0.3, -0.25) is 0 Å². The maximum absolute atomic E-state index is 6.19. The van der Waals surface area contributed by atoms with Crippen molar-refractivity contribution in [1.29, 1.82) is 0 Å². The van der Waals surface area contributed by atoms with Gasteiger partial charge in [-0.05, 0) is 49.2 Å². The Bertz CT molecular complexity index is 627. The molecule has 1 aliphatic carbocycles. The Labute approximate surface area is 121 Å². The second kappa shape index (κ2) is 4.77. The third kappa shape index (κ3) is 1.90. The molecule has 2 aromatic rings. The van der Waals surface area contributed by atoms with Crippen molar-refractivity contribution in [1.82, 2.24) is 10.1 Å². The van der Waals surface area contributed by atoms with E-state index in [1.165, 1.54) is 36.1 Å². The third-order valence-corrected chi connectivity index (χ3v) is 5.34. The van der Waals surface area contributed by atoms with Crippen LogP contribution in [-0.4, -0.2) is 23.2 Å². The maximum Gasteiger partial charge on any atom is 0.266 e. The minimum Gasteiger partial charge on any atom is -0.390 e. The number of aromatic nitrogens is 2. The molecule has 20 heavy (non-hydrogen) atoms. The molecular weight excluding hydrogens is 272 g/mol. The van der Waals surface area contributed by atoms with Gasteiger partial charge in [0.05, 0.1) is 10.6 Å². The van der Waals surface area contributed by atoms with Gasteiger partial charge in [-0.1, -0.05) is 0 Å². The van der Waals surface area contributed by atoms with E-state index >= 15 is 0 Å². The normalized spacial score (nSPS) is 18.5. The van der Waals surface area contributed by atoms with Crippen LogP contribution in [0.3, 0.4) is 0 Å². The SMILES string of the molecule is Nc1sc2c(c1-c1nc(N3CCCC3)no1)CCCC2. The Hall–Kier alpha value is -1.56. The molecule has 0 spiro atoms. The molecule has 4 rings (SSSR count). The van der Waals surface area contributed by atoms with E-state index in [2.05, 4.69) is 15.0 Å². The van der Waals surface area contributed by atoms with Crippen molar-refractivity contribution in [3.8, 4) is 11.5 Å². The zero-order valence-electron chi connectivity index (χ0n) is 11.4. The van der Waals surface area contributed by atoms with Crippen molar-refractivity contribution in [3.63, 3.8) is 0 Å². The lowest BCUT2D eigenvalue weighted by molar-refractivity contribution is 0.430. The molecule has 0 radical (unpaired) electrons. The number of fused-ring (bicyclic) bond motifs is 1. The van der Waals surface area contributed by atoms with Crippen LogP contribution in [0.1, 0.15) is 36.1 Å². The van der Waals surface area contributed by atoms with Gasteiger partial charge in [0.1, 0.15) is 0 Å². The van der Waals surface area contributed by atoms with Crippen LogP contribution in [0.25, 0.3) is 11.5 Å². The first-order valence-electron chi connectivity index (χ1n) is 7.32. The average molecular weight is 290 g/mol. The van der Waals surface area contributed by atoms with Gasteiger partial charge in [0, 0.05) is 18.0 Å². The molecule has 0 unspecified atom stereocenters. The quantitative estimate of drug-likeness (QED) is 0.921. The van der Waals surface area contributed by atoms with Gasteiger partial charge in [0.15, 0.2) is 0 Å². The van der Waals surface area contributed by atoms with Crippen LogP contribution in [0, 0.1) is 0 Å². The minimum atomic E-state index is 0.601. The summed E-state index contributed by atoms with van der Waals surface area (Å²) in [6.45, 7) is 2.05. The fourth-order valence-electron chi connectivity index (χ4n) is 3.18. The lowest BCUT2D eigenvalue weighted by Crippen LogP contribution is -2.18.